The third-order valence-electron chi connectivity index (χ3n) is 4.65. The Hall–Kier alpha value is -3.23. The average Bonchev–Trinajstić information content (AvgIpc) is 3.08. The van der Waals surface area contributed by atoms with Gasteiger partial charge in [-0.25, -0.2) is 9.78 Å². The van der Waals surface area contributed by atoms with Gasteiger partial charge in [0, 0.05) is 30.5 Å². The largest absolute Gasteiger partial charge is 0.349 e. The van der Waals surface area contributed by atoms with Crippen LogP contribution in [0.5, 0.6) is 0 Å². The maximum Gasteiger partial charge on any atom is 0.330 e. The normalized spacial score (nSPS) is 13.5. The molecule has 0 aromatic carbocycles. The number of nitrogens with one attached hydrogen (secondary N) is 3. The van der Waals surface area contributed by atoms with E-state index in [1.54, 1.807) is 12.1 Å². The first-order chi connectivity index (χ1) is 12.6. The van der Waals surface area contributed by atoms with Crippen LogP contribution in [0.25, 0.3) is 11.0 Å². The number of carbonyl (C=O) groups excluding carboxylic acids is 1. The third kappa shape index (κ3) is 2.81. The maximum atomic E-state index is 12.4. The van der Waals surface area contributed by atoms with Crippen molar-refractivity contribution in [1.29, 1.82) is 0 Å². The van der Waals surface area contributed by atoms with Crippen LogP contribution in [0.2, 0.25) is 0 Å². The minimum atomic E-state index is -0.549. The molecule has 1 aliphatic rings. The molecule has 0 unspecified atom stereocenters. The van der Waals surface area contributed by atoms with Crippen molar-refractivity contribution in [2.75, 3.05) is 6.54 Å². The highest BCUT2D eigenvalue weighted by Crippen LogP contribution is 2.21. The molecule has 0 bridgehead atoms. The number of hydrogen-bond acceptors (Lipinski definition) is 5. The van der Waals surface area contributed by atoms with Gasteiger partial charge in [0.25, 0.3) is 11.5 Å². The van der Waals surface area contributed by atoms with Gasteiger partial charge < -0.3 is 5.32 Å². The third-order valence-corrected chi connectivity index (χ3v) is 4.65. The number of amides is 1. The molecule has 9 heteroatoms. The number of fused-ring (bicyclic) bond motifs is 2. The van der Waals surface area contributed by atoms with E-state index in [2.05, 4.69) is 25.5 Å². The van der Waals surface area contributed by atoms with Crippen LogP contribution in [-0.4, -0.2) is 37.2 Å². The van der Waals surface area contributed by atoms with E-state index in [1.807, 2.05) is 0 Å². The van der Waals surface area contributed by atoms with E-state index in [9.17, 15) is 14.4 Å². The van der Waals surface area contributed by atoms with E-state index in [0.29, 0.717) is 11.1 Å². The zero-order valence-corrected chi connectivity index (χ0v) is 14.0. The molecule has 3 aromatic heterocycles. The van der Waals surface area contributed by atoms with Gasteiger partial charge in [-0.2, -0.15) is 5.10 Å². The lowest BCUT2D eigenvalue weighted by Crippen LogP contribution is -2.39. The zero-order valence-electron chi connectivity index (χ0n) is 14.0. The second-order valence-corrected chi connectivity index (χ2v) is 6.28. The Kier molecular flexibility index (Phi) is 4.11. The van der Waals surface area contributed by atoms with Crippen LogP contribution >= 0.6 is 0 Å². The highest BCUT2D eigenvalue weighted by Gasteiger charge is 2.21. The Labute approximate surface area is 147 Å². The number of pyridine rings is 1. The lowest BCUT2D eigenvalue weighted by atomic mass is 9.96. The highest BCUT2D eigenvalue weighted by atomic mass is 16.2. The van der Waals surface area contributed by atoms with Gasteiger partial charge in [0.1, 0.15) is 5.65 Å². The van der Waals surface area contributed by atoms with Crippen molar-refractivity contribution in [3.63, 3.8) is 0 Å². The van der Waals surface area contributed by atoms with Gasteiger partial charge in [-0.1, -0.05) is 0 Å². The van der Waals surface area contributed by atoms with Crippen molar-refractivity contribution in [1.82, 2.24) is 30.0 Å². The molecule has 3 heterocycles. The Morgan fingerprint density at radius 2 is 2.12 bits per heavy atom. The maximum absolute atomic E-state index is 12.4. The van der Waals surface area contributed by atoms with E-state index < -0.39 is 11.2 Å². The predicted octanol–water partition coefficient (Wildman–Crippen LogP) is 0.117. The molecule has 0 saturated heterocycles. The van der Waals surface area contributed by atoms with Gasteiger partial charge in [-0.3, -0.25) is 24.2 Å². The molecular formula is C17H18N6O3. The van der Waals surface area contributed by atoms with Gasteiger partial charge in [-0.15, -0.1) is 0 Å². The number of H-pyrrole nitrogens is 2. The number of aryl methyl sites for hydroxylation is 1. The van der Waals surface area contributed by atoms with E-state index in [0.717, 1.165) is 41.5 Å². The second kappa shape index (κ2) is 6.58. The summed E-state index contributed by atoms with van der Waals surface area (Å²) in [5, 5.41) is 10.1. The summed E-state index contributed by atoms with van der Waals surface area (Å²) < 4.78 is 1.06. The molecule has 9 nitrogen and oxygen atoms in total. The lowest BCUT2D eigenvalue weighted by Gasteiger charge is -2.11. The Morgan fingerprint density at radius 1 is 1.27 bits per heavy atom. The first-order valence-corrected chi connectivity index (χ1v) is 8.57. The SMILES string of the molecule is O=C(NCCn1c(=O)[nH]c2ncccc2c1=O)c1n[nH]c2c1CCCC2. The molecule has 1 aliphatic carbocycles. The van der Waals surface area contributed by atoms with Crippen molar-refractivity contribution in [3.8, 4) is 0 Å². The molecule has 0 spiro atoms. The van der Waals surface area contributed by atoms with Crippen molar-refractivity contribution >= 4 is 16.9 Å². The molecule has 0 saturated carbocycles. The fourth-order valence-corrected chi connectivity index (χ4v) is 3.32. The molecule has 0 atom stereocenters. The van der Waals surface area contributed by atoms with Gasteiger partial charge in [0.2, 0.25) is 0 Å². The summed E-state index contributed by atoms with van der Waals surface area (Å²) in [4.78, 5) is 43.4. The summed E-state index contributed by atoms with van der Waals surface area (Å²) in [6.07, 6.45) is 5.39. The van der Waals surface area contributed by atoms with Gasteiger partial charge >= 0.3 is 5.69 Å². The quantitative estimate of drug-likeness (QED) is 0.613. The predicted molar refractivity (Wildman–Crippen MR) is 94.2 cm³/mol. The van der Waals surface area contributed by atoms with Crippen molar-refractivity contribution < 1.29 is 4.79 Å². The van der Waals surface area contributed by atoms with E-state index in [-0.39, 0.29) is 24.6 Å². The van der Waals surface area contributed by atoms with Crippen LogP contribution < -0.4 is 16.6 Å². The fraction of sp³-hybridized carbons (Fsp3) is 0.353. The summed E-state index contributed by atoms with van der Waals surface area (Å²) >= 11 is 0. The molecular weight excluding hydrogens is 336 g/mol. The summed E-state index contributed by atoms with van der Waals surface area (Å²) in [5.41, 5.74) is 1.68. The van der Waals surface area contributed by atoms with Crippen LogP contribution in [0, 0.1) is 0 Å². The van der Waals surface area contributed by atoms with Crippen molar-refractivity contribution in [2.24, 2.45) is 0 Å². The summed E-state index contributed by atoms with van der Waals surface area (Å²) in [6.45, 7) is 0.215. The van der Waals surface area contributed by atoms with E-state index in [4.69, 9.17) is 0 Å². The van der Waals surface area contributed by atoms with Crippen LogP contribution in [0.4, 0.5) is 0 Å². The average molecular weight is 354 g/mol. The molecule has 0 fully saturated rings. The number of rotatable bonds is 4. The Balaban J connectivity index is 1.49. The number of aromatic amines is 2. The van der Waals surface area contributed by atoms with Crippen LogP contribution in [0.3, 0.4) is 0 Å². The van der Waals surface area contributed by atoms with Crippen molar-refractivity contribution in [2.45, 2.75) is 32.2 Å². The molecule has 26 heavy (non-hydrogen) atoms. The highest BCUT2D eigenvalue weighted by molar-refractivity contribution is 5.94. The van der Waals surface area contributed by atoms with Crippen LogP contribution in [-0.2, 0) is 19.4 Å². The second-order valence-electron chi connectivity index (χ2n) is 6.28. The molecule has 4 rings (SSSR count). The van der Waals surface area contributed by atoms with E-state index >= 15 is 0 Å². The van der Waals surface area contributed by atoms with Crippen LogP contribution in [0.15, 0.2) is 27.9 Å². The number of hydrogen-bond donors (Lipinski definition) is 3. The van der Waals surface area contributed by atoms with Gasteiger partial charge in [0.05, 0.1) is 5.39 Å². The lowest BCUT2D eigenvalue weighted by molar-refractivity contribution is 0.0946. The van der Waals surface area contributed by atoms with Gasteiger partial charge in [-0.05, 0) is 37.8 Å². The fourth-order valence-electron chi connectivity index (χ4n) is 3.32. The summed E-state index contributed by atoms with van der Waals surface area (Å²) in [6, 6.07) is 3.24. The minimum absolute atomic E-state index is 0.0668. The standard InChI is InChI=1S/C17H18N6O3/c24-15(13-10-4-1-2-6-12(10)21-22-13)19-8-9-23-16(25)11-5-3-7-18-14(11)20-17(23)26/h3,5,7H,1-2,4,6,8-9H2,(H,19,24)(H,21,22)(H,18,20,26). The Morgan fingerprint density at radius 3 is 3.00 bits per heavy atom. The number of nitrogens with zero attached hydrogens (tertiary/aromatic N) is 3. The first-order valence-electron chi connectivity index (χ1n) is 8.57. The first kappa shape index (κ1) is 16.2. The van der Waals surface area contributed by atoms with Crippen LogP contribution in [0.1, 0.15) is 34.6 Å². The smallest absolute Gasteiger partial charge is 0.330 e. The molecule has 0 radical (unpaired) electrons. The van der Waals surface area contributed by atoms with Gasteiger partial charge in [0.15, 0.2) is 5.69 Å². The topological polar surface area (TPSA) is 126 Å². The molecule has 0 aliphatic heterocycles. The van der Waals surface area contributed by atoms with E-state index in [1.165, 1.54) is 6.20 Å². The zero-order chi connectivity index (χ0) is 18.1. The molecule has 1 amide bonds. The Bertz CT molecular complexity index is 1090. The number of aromatic nitrogens is 5. The minimum Gasteiger partial charge on any atom is -0.349 e. The number of carbonyl (C=O) groups is 1. The molecule has 134 valence electrons. The monoisotopic (exact) mass is 354 g/mol. The molecule has 3 N–H and O–H groups in total. The summed E-state index contributed by atoms with van der Waals surface area (Å²) in [7, 11) is 0. The summed E-state index contributed by atoms with van der Waals surface area (Å²) in [5.74, 6) is -0.295. The van der Waals surface area contributed by atoms with Crippen molar-refractivity contribution in [3.05, 3.63) is 56.1 Å². The molecule has 3 aromatic rings.